The second kappa shape index (κ2) is 6.56. The van der Waals surface area contributed by atoms with Gasteiger partial charge >= 0.3 is 0 Å². The highest BCUT2D eigenvalue weighted by Gasteiger charge is 2.28. The molecule has 0 heterocycles. The minimum atomic E-state index is 0.590. The first-order chi connectivity index (χ1) is 9.22. The molecule has 1 aliphatic carbocycles. The lowest BCUT2D eigenvalue weighted by atomic mass is 9.75. The van der Waals surface area contributed by atoms with Gasteiger partial charge in [0.2, 0.25) is 0 Å². The SMILES string of the molecule is CCCNC1CCC(C)c2c(CC)ccc(CC)c21. The molecule has 1 heteroatoms. The van der Waals surface area contributed by atoms with Crippen molar-refractivity contribution in [2.45, 2.75) is 71.8 Å². The topological polar surface area (TPSA) is 12.0 Å². The molecule has 0 bridgehead atoms. The van der Waals surface area contributed by atoms with Crippen molar-refractivity contribution in [3.63, 3.8) is 0 Å². The highest BCUT2D eigenvalue weighted by atomic mass is 14.9. The largest absolute Gasteiger partial charge is 0.310 e. The van der Waals surface area contributed by atoms with Crippen molar-refractivity contribution in [1.82, 2.24) is 5.32 Å². The molecule has 1 nitrogen and oxygen atoms in total. The van der Waals surface area contributed by atoms with Crippen LogP contribution in [0.4, 0.5) is 0 Å². The Bertz CT molecular complexity index is 422. The van der Waals surface area contributed by atoms with Crippen LogP contribution in [0.3, 0.4) is 0 Å². The molecule has 1 aliphatic rings. The number of aryl methyl sites for hydroxylation is 2. The van der Waals surface area contributed by atoms with Gasteiger partial charge in [-0.1, -0.05) is 39.8 Å². The molecule has 1 N–H and O–H groups in total. The molecule has 0 radical (unpaired) electrons. The van der Waals surface area contributed by atoms with E-state index in [-0.39, 0.29) is 0 Å². The van der Waals surface area contributed by atoms with Gasteiger partial charge in [-0.05, 0) is 66.8 Å². The van der Waals surface area contributed by atoms with Gasteiger partial charge in [-0.15, -0.1) is 0 Å². The van der Waals surface area contributed by atoms with Gasteiger partial charge in [-0.3, -0.25) is 0 Å². The normalized spacial score (nSPS) is 22.3. The summed E-state index contributed by atoms with van der Waals surface area (Å²) in [5, 5.41) is 3.77. The van der Waals surface area contributed by atoms with Crippen molar-refractivity contribution >= 4 is 0 Å². The number of fused-ring (bicyclic) bond motifs is 1. The van der Waals surface area contributed by atoms with Gasteiger partial charge in [-0.25, -0.2) is 0 Å². The molecule has 2 rings (SSSR count). The van der Waals surface area contributed by atoms with Crippen LogP contribution in [0.1, 0.15) is 81.2 Å². The molecular weight excluding hydrogens is 230 g/mol. The highest BCUT2D eigenvalue weighted by molar-refractivity contribution is 5.46. The summed E-state index contributed by atoms with van der Waals surface area (Å²) >= 11 is 0. The van der Waals surface area contributed by atoms with Gasteiger partial charge in [-0.2, -0.15) is 0 Å². The molecule has 0 saturated carbocycles. The molecule has 0 amide bonds. The van der Waals surface area contributed by atoms with Crippen LogP contribution in [0.2, 0.25) is 0 Å². The lowest BCUT2D eigenvalue weighted by molar-refractivity contribution is 0.428. The predicted molar refractivity (Wildman–Crippen MR) is 83.9 cm³/mol. The quantitative estimate of drug-likeness (QED) is 0.804. The molecule has 0 aromatic heterocycles. The van der Waals surface area contributed by atoms with E-state index in [1.54, 1.807) is 22.3 Å². The lowest BCUT2D eigenvalue weighted by Gasteiger charge is -2.34. The maximum Gasteiger partial charge on any atom is 0.0326 e. The van der Waals surface area contributed by atoms with Gasteiger partial charge in [0.05, 0.1) is 0 Å². The number of benzene rings is 1. The summed E-state index contributed by atoms with van der Waals surface area (Å²) in [4.78, 5) is 0. The summed E-state index contributed by atoms with van der Waals surface area (Å²) < 4.78 is 0. The Hall–Kier alpha value is -0.820. The molecule has 1 aromatic carbocycles. The van der Waals surface area contributed by atoms with E-state index in [1.165, 1.54) is 19.3 Å². The zero-order chi connectivity index (χ0) is 13.8. The zero-order valence-corrected chi connectivity index (χ0v) is 13.1. The smallest absolute Gasteiger partial charge is 0.0326 e. The van der Waals surface area contributed by atoms with Crippen molar-refractivity contribution in [3.05, 3.63) is 34.4 Å². The molecule has 0 saturated heterocycles. The van der Waals surface area contributed by atoms with Crippen LogP contribution < -0.4 is 5.32 Å². The Morgan fingerprint density at radius 1 is 1.00 bits per heavy atom. The number of rotatable bonds is 5. The molecule has 19 heavy (non-hydrogen) atoms. The molecule has 2 unspecified atom stereocenters. The third-order valence-electron chi connectivity index (χ3n) is 4.60. The zero-order valence-electron chi connectivity index (χ0n) is 13.1. The first kappa shape index (κ1) is 14.6. The third-order valence-corrected chi connectivity index (χ3v) is 4.60. The second-order valence-electron chi connectivity index (χ2n) is 5.90. The van der Waals surface area contributed by atoms with Crippen molar-refractivity contribution in [2.24, 2.45) is 0 Å². The van der Waals surface area contributed by atoms with Crippen LogP contribution in [-0.2, 0) is 12.8 Å². The van der Waals surface area contributed by atoms with Crippen LogP contribution >= 0.6 is 0 Å². The predicted octanol–water partition coefficient (Wildman–Crippen LogP) is 4.75. The van der Waals surface area contributed by atoms with Crippen molar-refractivity contribution in [2.75, 3.05) is 6.54 Å². The molecule has 0 aliphatic heterocycles. The average molecular weight is 259 g/mol. The Kier molecular flexibility index (Phi) is 5.04. The van der Waals surface area contributed by atoms with E-state index < -0.39 is 0 Å². The average Bonchev–Trinajstić information content (AvgIpc) is 2.45. The maximum absolute atomic E-state index is 3.77. The fourth-order valence-electron chi connectivity index (χ4n) is 3.56. The van der Waals surface area contributed by atoms with E-state index in [2.05, 4.69) is 45.1 Å². The molecular formula is C18H29N. The molecule has 1 aromatic rings. The van der Waals surface area contributed by atoms with E-state index in [1.807, 2.05) is 0 Å². The Morgan fingerprint density at radius 3 is 2.21 bits per heavy atom. The van der Waals surface area contributed by atoms with E-state index in [0.717, 1.165) is 25.3 Å². The fourth-order valence-corrected chi connectivity index (χ4v) is 3.56. The second-order valence-corrected chi connectivity index (χ2v) is 5.90. The Balaban J connectivity index is 2.46. The van der Waals surface area contributed by atoms with Crippen LogP contribution in [0.15, 0.2) is 12.1 Å². The van der Waals surface area contributed by atoms with E-state index in [4.69, 9.17) is 0 Å². The van der Waals surface area contributed by atoms with Gasteiger partial charge in [0, 0.05) is 6.04 Å². The standard InChI is InChI=1S/C18H29N/c1-5-12-19-16-11-8-13(4)17-14(6-2)9-10-15(7-3)18(16)17/h9-10,13,16,19H,5-8,11-12H2,1-4H3. The number of nitrogens with one attached hydrogen (secondary N) is 1. The highest BCUT2D eigenvalue weighted by Crippen LogP contribution is 2.41. The lowest BCUT2D eigenvalue weighted by Crippen LogP contribution is -2.28. The van der Waals surface area contributed by atoms with Gasteiger partial charge in [0.1, 0.15) is 0 Å². The summed E-state index contributed by atoms with van der Waals surface area (Å²) in [5.74, 6) is 0.733. The van der Waals surface area contributed by atoms with Crippen LogP contribution in [0.5, 0.6) is 0 Å². The van der Waals surface area contributed by atoms with Gasteiger partial charge in [0.15, 0.2) is 0 Å². The van der Waals surface area contributed by atoms with Crippen molar-refractivity contribution in [1.29, 1.82) is 0 Å². The Morgan fingerprint density at radius 2 is 1.63 bits per heavy atom. The summed E-state index contributed by atoms with van der Waals surface area (Å²) in [6, 6.07) is 5.33. The van der Waals surface area contributed by atoms with Crippen molar-refractivity contribution < 1.29 is 0 Å². The summed E-state index contributed by atoms with van der Waals surface area (Å²) in [5.41, 5.74) is 6.45. The minimum absolute atomic E-state index is 0.590. The summed E-state index contributed by atoms with van der Waals surface area (Å²) in [6.45, 7) is 10.4. The number of hydrogen-bond acceptors (Lipinski definition) is 1. The minimum Gasteiger partial charge on any atom is -0.310 e. The van der Waals surface area contributed by atoms with Gasteiger partial charge < -0.3 is 5.32 Å². The van der Waals surface area contributed by atoms with Crippen LogP contribution in [-0.4, -0.2) is 6.54 Å². The first-order valence-corrected chi connectivity index (χ1v) is 8.10. The third kappa shape index (κ3) is 2.86. The van der Waals surface area contributed by atoms with Crippen LogP contribution in [0, 0.1) is 0 Å². The number of hydrogen-bond donors (Lipinski definition) is 1. The molecule has 0 spiro atoms. The van der Waals surface area contributed by atoms with Gasteiger partial charge in [0.25, 0.3) is 0 Å². The van der Waals surface area contributed by atoms with E-state index in [0.29, 0.717) is 6.04 Å². The van der Waals surface area contributed by atoms with Crippen molar-refractivity contribution in [3.8, 4) is 0 Å². The fraction of sp³-hybridized carbons (Fsp3) is 0.667. The molecule has 2 atom stereocenters. The molecule has 0 fully saturated rings. The van der Waals surface area contributed by atoms with Crippen LogP contribution in [0.25, 0.3) is 0 Å². The first-order valence-electron chi connectivity index (χ1n) is 8.10. The van der Waals surface area contributed by atoms with E-state index >= 15 is 0 Å². The summed E-state index contributed by atoms with van der Waals surface area (Å²) in [7, 11) is 0. The maximum atomic E-state index is 3.77. The Labute approximate surface area is 118 Å². The monoisotopic (exact) mass is 259 g/mol. The van der Waals surface area contributed by atoms with E-state index in [9.17, 15) is 0 Å². The summed E-state index contributed by atoms with van der Waals surface area (Å²) in [6.07, 6.45) is 6.17. The molecule has 106 valence electrons.